The lowest BCUT2D eigenvalue weighted by molar-refractivity contribution is 0.0951. The molecule has 34 heavy (non-hydrogen) atoms. The number of nitrogens with one attached hydrogen (secondary N) is 1. The van der Waals surface area contributed by atoms with Crippen LogP contribution in [0.5, 0.6) is 11.5 Å². The number of methoxy groups -OCH3 is 2. The number of rotatable bonds is 10. The van der Waals surface area contributed by atoms with Crippen LogP contribution in [0.3, 0.4) is 0 Å². The normalized spacial score (nSPS) is 12.0. The van der Waals surface area contributed by atoms with Crippen LogP contribution in [-0.4, -0.2) is 41.3 Å². The molecule has 0 saturated carbocycles. The second-order valence-corrected chi connectivity index (χ2v) is 9.93. The Kier molecular flexibility index (Phi) is 8.17. The molecule has 1 unspecified atom stereocenters. The van der Waals surface area contributed by atoms with E-state index in [9.17, 15) is 13.2 Å². The molecule has 3 rings (SSSR count). The summed E-state index contributed by atoms with van der Waals surface area (Å²) in [7, 11) is -0.557. The lowest BCUT2D eigenvalue weighted by atomic mass is 10.0. The minimum Gasteiger partial charge on any atom is -0.493 e. The summed E-state index contributed by atoms with van der Waals surface area (Å²) >= 11 is 0. The summed E-state index contributed by atoms with van der Waals surface area (Å²) in [6.45, 7) is 2.69. The van der Waals surface area contributed by atoms with Gasteiger partial charge in [0.1, 0.15) is 0 Å². The van der Waals surface area contributed by atoms with Crippen molar-refractivity contribution in [1.82, 2.24) is 5.32 Å². The fraction of sp³-hybridized carbons (Fsp3) is 0.269. The van der Waals surface area contributed by atoms with E-state index in [1.54, 1.807) is 42.5 Å². The molecule has 0 heterocycles. The molecule has 0 aromatic heterocycles. The largest absolute Gasteiger partial charge is 0.493 e. The number of sulfonamides is 1. The van der Waals surface area contributed by atoms with E-state index in [1.165, 1.54) is 18.5 Å². The third-order valence-electron chi connectivity index (χ3n) is 5.54. The molecular formula is C26H30N2O5S. The number of carbonyl (C=O) groups is 1. The first-order valence-electron chi connectivity index (χ1n) is 10.8. The topological polar surface area (TPSA) is 84.9 Å². The van der Waals surface area contributed by atoms with Crippen molar-refractivity contribution in [3.63, 3.8) is 0 Å². The van der Waals surface area contributed by atoms with E-state index in [0.717, 1.165) is 17.4 Å². The van der Waals surface area contributed by atoms with Gasteiger partial charge in [0, 0.05) is 18.2 Å². The summed E-state index contributed by atoms with van der Waals surface area (Å²) in [6, 6.07) is 21.9. The summed E-state index contributed by atoms with van der Waals surface area (Å²) in [5.74, 6) is 0.963. The first-order valence-corrected chi connectivity index (χ1v) is 12.7. The van der Waals surface area contributed by atoms with Crippen molar-refractivity contribution in [1.29, 1.82) is 0 Å². The number of nitrogens with zero attached hydrogens (tertiary/aromatic N) is 1. The molecule has 0 bridgehead atoms. The van der Waals surface area contributed by atoms with Crippen molar-refractivity contribution in [2.24, 2.45) is 0 Å². The molecule has 0 aliphatic carbocycles. The zero-order valence-corrected chi connectivity index (χ0v) is 20.6. The molecule has 1 N–H and O–H groups in total. The molecule has 180 valence electrons. The Balaban J connectivity index is 1.70. The number of anilines is 1. The molecule has 0 radical (unpaired) electrons. The first kappa shape index (κ1) is 25.1. The summed E-state index contributed by atoms with van der Waals surface area (Å²) < 4.78 is 36.9. The van der Waals surface area contributed by atoms with Crippen molar-refractivity contribution >= 4 is 21.6 Å². The fourth-order valence-electron chi connectivity index (χ4n) is 3.55. The van der Waals surface area contributed by atoms with Crippen molar-refractivity contribution in [3.8, 4) is 11.5 Å². The summed E-state index contributed by atoms with van der Waals surface area (Å²) in [6.07, 6.45) is 1.15. The van der Waals surface area contributed by atoms with Gasteiger partial charge in [-0.05, 0) is 41.3 Å². The molecule has 1 atom stereocenters. The molecule has 1 amide bonds. The van der Waals surface area contributed by atoms with Crippen LogP contribution < -0.4 is 19.1 Å². The molecule has 3 aromatic carbocycles. The molecule has 0 aliphatic heterocycles. The van der Waals surface area contributed by atoms with Gasteiger partial charge < -0.3 is 14.8 Å². The Morgan fingerprint density at radius 1 is 0.941 bits per heavy atom. The maximum Gasteiger partial charge on any atom is 0.251 e. The van der Waals surface area contributed by atoms with Gasteiger partial charge in [-0.3, -0.25) is 9.10 Å². The van der Waals surface area contributed by atoms with Crippen LogP contribution in [0.2, 0.25) is 0 Å². The van der Waals surface area contributed by atoms with Gasteiger partial charge in [0.05, 0.1) is 32.7 Å². The number of hydrogen-bond acceptors (Lipinski definition) is 5. The lowest BCUT2D eigenvalue weighted by Crippen LogP contribution is -2.29. The lowest BCUT2D eigenvalue weighted by Gasteiger charge is -2.23. The highest BCUT2D eigenvalue weighted by molar-refractivity contribution is 7.92. The zero-order chi connectivity index (χ0) is 24.7. The number of benzene rings is 3. The Hall–Kier alpha value is -3.52. The summed E-state index contributed by atoms with van der Waals surface area (Å²) in [4.78, 5) is 12.6. The molecule has 7 nitrogen and oxygen atoms in total. The van der Waals surface area contributed by atoms with E-state index in [2.05, 4.69) is 12.2 Å². The van der Waals surface area contributed by atoms with Gasteiger partial charge >= 0.3 is 0 Å². The van der Waals surface area contributed by atoms with Crippen LogP contribution in [0, 0.1) is 0 Å². The van der Waals surface area contributed by atoms with E-state index < -0.39 is 10.0 Å². The molecule has 3 aromatic rings. The SMILES string of the molecule is COc1ccc(N(Cc2ccc(C(=O)NCC(C)c3ccccc3)cc2)S(C)(=O)=O)cc1OC. The van der Waals surface area contributed by atoms with Crippen molar-refractivity contribution in [2.75, 3.05) is 31.3 Å². The Bertz CT molecular complexity index is 1210. The average Bonchev–Trinajstić information content (AvgIpc) is 2.85. The van der Waals surface area contributed by atoms with Gasteiger partial charge in [-0.2, -0.15) is 0 Å². The molecule has 0 saturated heterocycles. The second-order valence-electron chi connectivity index (χ2n) is 8.03. The first-order chi connectivity index (χ1) is 16.2. The zero-order valence-electron chi connectivity index (χ0n) is 19.8. The third-order valence-corrected chi connectivity index (χ3v) is 6.68. The number of carbonyl (C=O) groups excluding carboxylic acids is 1. The smallest absolute Gasteiger partial charge is 0.251 e. The quantitative estimate of drug-likeness (QED) is 0.468. The molecule has 8 heteroatoms. The van der Waals surface area contributed by atoms with Gasteiger partial charge in [-0.15, -0.1) is 0 Å². The highest BCUT2D eigenvalue weighted by Gasteiger charge is 2.20. The van der Waals surface area contributed by atoms with E-state index in [4.69, 9.17) is 9.47 Å². The van der Waals surface area contributed by atoms with Gasteiger partial charge in [-0.25, -0.2) is 8.42 Å². The molecule has 0 fully saturated rings. The van der Waals surface area contributed by atoms with E-state index in [1.807, 2.05) is 30.3 Å². The third kappa shape index (κ3) is 6.29. The maximum atomic E-state index is 12.6. The van der Waals surface area contributed by atoms with Crippen molar-refractivity contribution < 1.29 is 22.7 Å². The van der Waals surface area contributed by atoms with E-state index in [0.29, 0.717) is 29.3 Å². The van der Waals surface area contributed by atoms with Gasteiger partial charge in [0.15, 0.2) is 11.5 Å². The fourth-order valence-corrected chi connectivity index (χ4v) is 4.43. The van der Waals surface area contributed by atoms with Gasteiger partial charge in [0.25, 0.3) is 5.91 Å². The number of hydrogen-bond donors (Lipinski definition) is 1. The Morgan fingerprint density at radius 2 is 1.59 bits per heavy atom. The van der Waals surface area contributed by atoms with Crippen molar-refractivity contribution in [3.05, 3.63) is 89.5 Å². The maximum absolute atomic E-state index is 12.6. The van der Waals surface area contributed by atoms with Crippen LogP contribution in [0.1, 0.15) is 34.3 Å². The predicted octanol–water partition coefficient (Wildman–Crippen LogP) is 4.20. The van der Waals surface area contributed by atoms with Crippen LogP contribution in [0.15, 0.2) is 72.8 Å². The van der Waals surface area contributed by atoms with Gasteiger partial charge in [-0.1, -0.05) is 49.4 Å². The van der Waals surface area contributed by atoms with Gasteiger partial charge in [0.2, 0.25) is 10.0 Å². The summed E-state index contributed by atoms with van der Waals surface area (Å²) in [5.41, 5.74) is 2.88. The minimum atomic E-state index is -3.57. The second kappa shape index (κ2) is 11.1. The Labute approximate surface area is 201 Å². The highest BCUT2D eigenvalue weighted by Crippen LogP contribution is 2.33. The predicted molar refractivity (Wildman–Crippen MR) is 134 cm³/mol. The number of amides is 1. The molecule has 0 spiro atoms. The monoisotopic (exact) mass is 482 g/mol. The molecular weight excluding hydrogens is 452 g/mol. The summed E-state index contributed by atoms with van der Waals surface area (Å²) in [5, 5.41) is 2.96. The highest BCUT2D eigenvalue weighted by atomic mass is 32.2. The van der Waals surface area contributed by atoms with Crippen LogP contribution in [0.4, 0.5) is 5.69 Å². The van der Waals surface area contributed by atoms with E-state index in [-0.39, 0.29) is 18.4 Å². The van der Waals surface area contributed by atoms with Crippen LogP contribution >= 0.6 is 0 Å². The average molecular weight is 483 g/mol. The van der Waals surface area contributed by atoms with Crippen molar-refractivity contribution in [2.45, 2.75) is 19.4 Å². The number of ether oxygens (including phenoxy) is 2. The van der Waals surface area contributed by atoms with Crippen LogP contribution in [-0.2, 0) is 16.6 Å². The van der Waals surface area contributed by atoms with E-state index >= 15 is 0 Å². The molecule has 0 aliphatic rings. The minimum absolute atomic E-state index is 0.112. The standard InChI is InChI=1S/C26H30N2O5S/c1-19(21-8-6-5-7-9-21)17-27-26(29)22-12-10-20(11-13-22)18-28(34(4,30)31)23-14-15-24(32-2)25(16-23)33-3/h5-16,19H,17-18H2,1-4H3,(H,27,29). The Morgan fingerprint density at radius 3 is 2.18 bits per heavy atom. The van der Waals surface area contributed by atoms with Crippen LogP contribution in [0.25, 0.3) is 0 Å².